The van der Waals surface area contributed by atoms with Crippen LogP contribution in [0.4, 0.5) is 13.2 Å². The molecule has 1 aromatic rings. The van der Waals surface area contributed by atoms with E-state index in [0.717, 1.165) is 28.5 Å². The monoisotopic (exact) mass is 259 g/mol. The van der Waals surface area contributed by atoms with E-state index >= 15 is 0 Å². The number of aliphatic hydroxyl groups excluding tert-OH is 2. The molecule has 0 aliphatic heterocycles. The van der Waals surface area contributed by atoms with Crippen LogP contribution >= 0.6 is 23.1 Å². The quantitative estimate of drug-likeness (QED) is 0.807. The van der Waals surface area contributed by atoms with Crippen molar-refractivity contribution in [1.29, 1.82) is 0 Å². The van der Waals surface area contributed by atoms with Crippen molar-refractivity contribution in [1.82, 2.24) is 4.98 Å². The summed E-state index contributed by atoms with van der Waals surface area (Å²) in [5.41, 5.74) is -0.923. The van der Waals surface area contributed by atoms with Crippen LogP contribution in [-0.2, 0) is 6.18 Å². The van der Waals surface area contributed by atoms with Gasteiger partial charge in [-0.2, -0.15) is 13.2 Å². The molecule has 15 heavy (non-hydrogen) atoms. The van der Waals surface area contributed by atoms with Gasteiger partial charge in [0.15, 0.2) is 10.0 Å². The lowest BCUT2D eigenvalue weighted by Crippen LogP contribution is -2.14. The van der Waals surface area contributed by atoms with Gasteiger partial charge in [0.05, 0.1) is 12.7 Å². The number of halogens is 3. The highest BCUT2D eigenvalue weighted by atomic mass is 32.2. The summed E-state index contributed by atoms with van der Waals surface area (Å²) in [6.45, 7) is -0.412. The molecule has 0 amide bonds. The van der Waals surface area contributed by atoms with Gasteiger partial charge in [-0.25, -0.2) is 4.98 Å². The van der Waals surface area contributed by atoms with Gasteiger partial charge in [-0.1, -0.05) is 11.8 Å². The molecule has 86 valence electrons. The van der Waals surface area contributed by atoms with E-state index in [4.69, 9.17) is 10.2 Å². The number of nitrogens with zero attached hydrogens (tertiary/aromatic N) is 1. The van der Waals surface area contributed by atoms with Crippen molar-refractivity contribution in [2.75, 3.05) is 12.4 Å². The SMILES string of the molecule is OCC(O)CSc1nc(C(F)(F)F)cs1. The number of rotatable bonds is 4. The number of aromatic nitrogens is 1. The van der Waals surface area contributed by atoms with E-state index in [0.29, 0.717) is 0 Å². The second kappa shape index (κ2) is 5.15. The fraction of sp³-hybridized carbons (Fsp3) is 0.571. The minimum atomic E-state index is -4.43. The van der Waals surface area contributed by atoms with Gasteiger partial charge in [0, 0.05) is 11.1 Å². The van der Waals surface area contributed by atoms with Gasteiger partial charge < -0.3 is 10.2 Å². The number of aliphatic hydroxyl groups is 2. The Morgan fingerprint density at radius 2 is 2.20 bits per heavy atom. The molecule has 0 saturated carbocycles. The van der Waals surface area contributed by atoms with Crippen molar-refractivity contribution in [3.05, 3.63) is 11.1 Å². The van der Waals surface area contributed by atoms with E-state index < -0.39 is 24.6 Å². The third kappa shape index (κ3) is 3.98. The Bertz CT molecular complexity index is 315. The fourth-order valence-electron chi connectivity index (χ4n) is 0.674. The lowest BCUT2D eigenvalue weighted by Gasteiger charge is -2.03. The standard InChI is InChI=1S/C7H8F3NO2S2/c8-7(9,10)5-3-15-6(11-5)14-2-4(13)1-12/h3-4,12-13H,1-2H2. The molecule has 0 aliphatic carbocycles. The summed E-state index contributed by atoms with van der Waals surface area (Å²) >= 11 is 1.86. The van der Waals surface area contributed by atoms with Gasteiger partial charge in [0.25, 0.3) is 0 Å². The Balaban J connectivity index is 2.54. The van der Waals surface area contributed by atoms with Crippen molar-refractivity contribution >= 4 is 23.1 Å². The van der Waals surface area contributed by atoms with Crippen LogP contribution in [-0.4, -0.2) is 33.7 Å². The fourth-order valence-corrected chi connectivity index (χ4v) is 2.45. The summed E-state index contributed by atoms with van der Waals surface area (Å²) in [6.07, 6.45) is -5.36. The molecule has 0 spiro atoms. The second-order valence-corrected chi connectivity index (χ2v) is 4.77. The smallest absolute Gasteiger partial charge is 0.394 e. The first-order valence-electron chi connectivity index (χ1n) is 3.88. The number of thioether (sulfide) groups is 1. The van der Waals surface area contributed by atoms with Crippen LogP contribution in [0, 0.1) is 0 Å². The highest BCUT2D eigenvalue weighted by Crippen LogP contribution is 2.33. The predicted octanol–water partition coefficient (Wildman–Crippen LogP) is 1.61. The molecular formula is C7H8F3NO2S2. The molecule has 1 atom stereocenters. The summed E-state index contributed by atoms with van der Waals surface area (Å²) in [5.74, 6) is 0.126. The topological polar surface area (TPSA) is 53.4 Å². The molecule has 0 aliphatic rings. The molecule has 1 unspecified atom stereocenters. The maximum absolute atomic E-state index is 12.1. The van der Waals surface area contributed by atoms with Gasteiger partial charge in [0.2, 0.25) is 0 Å². The molecule has 0 fully saturated rings. The number of hydrogen-bond donors (Lipinski definition) is 2. The van der Waals surface area contributed by atoms with Crippen molar-refractivity contribution in [2.45, 2.75) is 16.6 Å². The van der Waals surface area contributed by atoms with Crippen molar-refractivity contribution in [3.8, 4) is 0 Å². The van der Waals surface area contributed by atoms with Gasteiger partial charge in [-0.3, -0.25) is 0 Å². The number of thiazole rings is 1. The Hall–Kier alpha value is -0.310. The van der Waals surface area contributed by atoms with Crippen LogP contribution < -0.4 is 0 Å². The van der Waals surface area contributed by atoms with Crippen molar-refractivity contribution in [3.63, 3.8) is 0 Å². The maximum atomic E-state index is 12.1. The van der Waals surface area contributed by atoms with Crippen LogP contribution in [0.5, 0.6) is 0 Å². The minimum Gasteiger partial charge on any atom is -0.394 e. The first-order chi connectivity index (χ1) is 6.93. The Morgan fingerprint density at radius 1 is 1.53 bits per heavy atom. The molecule has 1 heterocycles. The first-order valence-corrected chi connectivity index (χ1v) is 5.74. The Kier molecular flexibility index (Phi) is 4.38. The summed E-state index contributed by atoms with van der Waals surface area (Å²) in [7, 11) is 0. The Morgan fingerprint density at radius 3 is 2.67 bits per heavy atom. The van der Waals surface area contributed by atoms with Crippen LogP contribution in [0.25, 0.3) is 0 Å². The number of hydrogen-bond acceptors (Lipinski definition) is 5. The summed E-state index contributed by atoms with van der Waals surface area (Å²) in [6, 6.07) is 0. The molecule has 1 rings (SSSR count). The van der Waals surface area contributed by atoms with E-state index in [1.807, 2.05) is 0 Å². The van der Waals surface area contributed by atoms with Gasteiger partial charge in [-0.05, 0) is 0 Å². The van der Waals surface area contributed by atoms with Gasteiger partial charge >= 0.3 is 6.18 Å². The van der Waals surface area contributed by atoms with Crippen molar-refractivity contribution in [2.24, 2.45) is 0 Å². The molecule has 0 aromatic carbocycles. The van der Waals surface area contributed by atoms with E-state index in [2.05, 4.69) is 4.98 Å². The molecule has 8 heteroatoms. The zero-order valence-electron chi connectivity index (χ0n) is 7.36. The second-order valence-electron chi connectivity index (χ2n) is 2.64. The lowest BCUT2D eigenvalue weighted by atomic mass is 10.4. The third-order valence-electron chi connectivity index (χ3n) is 1.38. The average molecular weight is 259 g/mol. The van der Waals surface area contributed by atoms with Gasteiger partial charge in [0.1, 0.15) is 0 Å². The summed E-state index contributed by atoms with van der Waals surface area (Å²) < 4.78 is 36.6. The summed E-state index contributed by atoms with van der Waals surface area (Å²) in [5, 5.41) is 18.4. The molecule has 0 bridgehead atoms. The van der Waals surface area contributed by atoms with E-state index in [9.17, 15) is 13.2 Å². The van der Waals surface area contributed by atoms with Crippen LogP contribution in [0.1, 0.15) is 5.69 Å². The third-order valence-corrected chi connectivity index (χ3v) is 3.55. The molecule has 0 saturated heterocycles. The maximum Gasteiger partial charge on any atom is 0.434 e. The minimum absolute atomic E-state index is 0.126. The molecule has 1 aromatic heterocycles. The Labute approximate surface area is 92.0 Å². The molecular weight excluding hydrogens is 251 g/mol. The van der Waals surface area contributed by atoms with Gasteiger partial charge in [-0.15, -0.1) is 11.3 Å². The normalized spacial score (nSPS) is 14.2. The van der Waals surface area contributed by atoms with Crippen molar-refractivity contribution < 1.29 is 23.4 Å². The molecule has 2 N–H and O–H groups in total. The van der Waals surface area contributed by atoms with Crippen LogP contribution in [0.2, 0.25) is 0 Å². The highest BCUT2D eigenvalue weighted by molar-refractivity contribution is 8.01. The number of alkyl halides is 3. The van der Waals surface area contributed by atoms with E-state index in [-0.39, 0.29) is 10.1 Å². The lowest BCUT2D eigenvalue weighted by molar-refractivity contribution is -0.141. The predicted molar refractivity (Wildman–Crippen MR) is 50.9 cm³/mol. The largest absolute Gasteiger partial charge is 0.434 e. The average Bonchev–Trinajstić information content (AvgIpc) is 2.61. The van der Waals surface area contributed by atoms with E-state index in [1.165, 1.54) is 0 Å². The molecule has 3 nitrogen and oxygen atoms in total. The summed E-state index contributed by atoms with van der Waals surface area (Å²) in [4.78, 5) is 3.35. The van der Waals surface area contributed by atoms with Crippen LogP contribution in [0.15, 0.2) is 9.72 Å². The molecule has 0 radical (unpaired) electrons. The highest BCUT2D eigenvalue weighted by Gasteiger charge is 2.33. The first kappa shape index (κ1) is 12.8. The zero-order chi connectivity index (χ0) is 11.5. The van der Waals surface area contributed by atoms with Crippen LogP contribution in [0.3, 0.4) is 0 Å². The van der Waals surface area contributed by atoms with E-state index in [1.54, 1.807) is 0 Å². The zero-order valence-corrected chi connectivity index (χ0v) is 8.99.